The summed E-state index contributed by atoms with van der Waals surface area (Å²) in [6.45, 7) is 7.00. The van der Waals surface area contributed by atoms with Crippen LogP contribution in [0.15, 0.2) is 0 Å². The summed E-state index contributed by atoms with van der Waals surface area (Å²) < 4.78 is 5.11. The number of nitrogens with one attached hydrogen (secondary N) is 1. The van der Waals surface area contributed by atoms with Crippen molar-refractivity contribution in [2.24, 2.45) is 11.5 Å². The number of hydrogen-bond donors (Lipinski definition) is 3. The van der Waals surface area contributed by atoms with Crippen LogP contribution in [0.25, 0.3) is 0 Å². The molecular weight excluding hydrogens is 298 g/mol. The third-order valence-electron chi connectivity index (χ3n) is 2.49. The molecule has 7 nitrogen and oxygen atoms in total. The van der Waals surface area contributed by atoms with Crippen LogP contribution in [0.2, 0.25) is 0 Å². The van der Waals surface area contributed by atoms with Gasteiger partial charge in [-0.3, -0.25) is 14.4 Å². The number of esters is 1. The number of amides is 2. The Morgan fingerprint density at radius 2 is 1.76 bits per heavy atom. The Kier molecular flexibility index (Phi) is 10.0. The minimum Gasteiger partial charge on any atom is -0.460 e. The van der Waals surface area contributed by atoms with E-state index in [1.165, 1.54) is 0 Å². The van der Waals surface area contributed by atoms with E-state index in [2.05, 4.69) is 5.32 Å². The van der Waals surface area contributed by atoms with Gasteiger partial charge in [0.15, 0.2) is 0 Å². The number of hydrogen-bond acceptors (Lipinski definition) is 5. The molecule has 2 atom stereocenters. The lowest BCUT2D eigenvalue weighted by Gasteiger charge is -2.21. The molecule has 0 aromatic carbocycles. The van der Waals surface area contributed by atoms with Gasteiger partial charge < -0.3 is 21.5 Å². The monoisotopic (exact) mass is 323 g/mol. The summed E-state index contributed by atoms with van der Waals surface area (Å²) in [6.07, 6.45) is 0.530. The number of rotatable bonds is 7. The van der Waals surface area contributed by atoms with Gasteiger partial charge in [0.1, 0.15) is 11.6 Å². The molecule has 0 saturated carbocycles. The molecule has 2 amide bonds. The summed E-state index contributed by atoms with van der Waals surface area (Å²) in [7, 11) is 0. The first-order valence-corrected chi connectivity index (χ1v) is 6.64. The minimum atomic E-state index is -0.924. The second kappa shape index (κ2) is 9.57. The van der Waals surface area contributed by atoms with Crippen molar-refractivity contribution in [3.8, 4) is 0 Å². The second-order valence-electron chi connectivity index (χ2n) is 5.60. The van der Waals surface area contributed by atoms with Crippen molar-refractivity contribution in [2.45, 2.75) is 64.6 Å². The Morgan fingerprint density at radius 3 is 2.14 bits per heavy atom. The zero-order chi connectivity index (χ0) is 15.9. The number of halogens is 1. The standard InChI is InChI=1S/C13H25N3O4.ClH/c1-5-8(14)12(19)16-9(11(15)18)6-7-10(17)20-13(2,3)4;/h8-9H,5-7,14H2,1-4H3,(H2,15,18)(H,16,19);1H/t8?,9-;/m0./s1. The van der Waals surface area contributed by atoms with E-state index in [1.54, 1.807) is 27.7 Å². The Balaban J connectivity index is 0. The average Bonchev–Trinajstić information content (AvgIpc) is 2.30. The largest absolute Gasteiger partial charge is 0.460 e. The molecule has 0 aliphatic heterocycles. The summed E-state index contributed by atoms with van der Waals surface area (Å²) in [6, 6.07) is -1.62. The molecule has 0 heterocycles. The number of carbonyl (C=O) groups excluding carboxylic acids is 3. The van der Waals surface area contributed by atoms with Crippen molar-refractivity contribution < 1.29 is 19.1 Å². The zero-order valence-electron chi connectivity index (χ0n) is 13.0. The van der Waals surface area contributed by atoms with Gasteiger partial charge in [0.2, 0.25) is 11.8 Å². The highest BCUT2D eigenvalue weighted by Gasteiger charge is 2.23. The first-order chi connectivity index (χ1) is 9.06. The van der Waals surface area contributed by atoms with E-state index >= 15 is 0 Å². The molecule has 0 radical (unpaired) electrons. The van der Waals surface area contributed by atoms with Crippen LogP contribution in [0.4, 0.5) is 0 Å². The lowest BCUT2D eigenvalue weighted by atomic mass is 10.1. The molecule has 0 fully saturated rings. The molecular formula is C13H26ClN3O4. The molecule has 0 spiro atoms. The highest BCUT2D eigenvalue weighted by molar-refractivity contribution is 5.89. The van der Waals surface area contributed by atoms with Gasteiger partial charge in [-0.1, -0.05) is 6.92 Å². The molecule has 1 unspecified atom stereocenters. The van der Waals surface area contributed by atoms with E-state index in [1.807, 2.05) is 0 Å². The summed E-state index contributed by atoms with van der Waals surface area (Å²) in [4.78, 5) is 34.4. The normalized spacial score (nSPS) is 13.6. The van der Waals surface area contributed by atoms with E-state index in [0.717, 1.165) is 0 Å². The molecule has 0 aliphatic rings. The summed E-state index contributed by atoms with van der Waals surface area (Å²) >= 11 is 0. The molecule has 5 N–H and O–H groups in total. The van der Waals surface area contributed by atoms with Gasteiger partial charge in [-0.05, 0) is 33.6 Å². The van der Waals surface area contributed by atoms with Gasteiger partial charge in [-0.25, -0.2) is 0 Å². The molecule has 8 heteroatoms. The van der Waals surface area contributed by atoms with Crippen LogP contribution in [-0.4, -0.2) is 35.5 Å². The summed E-state index contributed by atoms with van der Waals surface area (Å²) in [5, 5.41) is 2.44. The molecule has 0 aliphatic carbocycles. The van der Waals surface area contributed by atoms with Crippen LogP contribution in [0.5, 0.6) is 0 Å². The van der Waals surface area contributed by atoms with Crippen molar-refractivity contribution in [1.29, 1.82) is 0 Å². The highest BCUT2D eigenvalue weighted by Crippen LogP contribution is 2.10. The topological polar surface area (TPSA) is 125 Å². The molecule has 0 bridgehead atoms. The molecule has 0 rings (SSSR count). The Hall–Kier alpha value is -1.34. The third kappa shape index (κ3) is 10.1. The maximum Gasteiger partial charge on any atom is 0.306 e. The first kappa shape index (κ1) is 21.9. The number of ether oxygens (including phenoxy) is 1. The number of nitrogens with two attached hydrogens (primary N) is 2. The van der Waals surface area contributed by atoms with Crippen LogP contribution in [0, 0.1) is 0 Å². The van der Waals surface area contributed by atoms with Gasteiger partial charge in [-0.15, -0.1) is 12.4 Å². The molecule has 0 aromatic rings. The van der Waals surface area contributed by atoms with E-state index in [9.17, 15) is 14.4 Å². The number of primary amides is 1. The fraction of sp³-hybridized carbons (Fsp3) is 0.769. The number of carbonyl (C=O) groups is 3. The lowest BCUT2D eigenvalue weighted by Crippen LogP contribution is -2.50. The molecule has 0 aromatic heterocycles. The average molecular weight is 324 g/mol. The van der Waals surface area contributed by atoms with Gasteiger partial charge in [-0.2, -0.15) is 0 Å². The Bertz CT molecular complexity index is 369. The fourth-order valence-corrected chi connectivity index (χ4v) is 1.40. The smallest absolute Gasteiger partial charge is 0.306 e. The highest BCUT2D eigenvalue weighted by atomic mass is 35.5. The summed E-state index contributed by atoms with van der Waals surface area (Å²) in [5.74, 6) is -1.61. The quantitative estimate of drug-likeness (QED) is 0.579. The van der Waals surface area contributed by atoms with Gasteiger partial charge in [0.25, 0.3) is 0 Å². The van der Waals surface area contributed by atoms with Crippen LogP contribution in [0.3, 0.4) is 0 Å². The molecule has 21 heavy (non-hydrogen) atoms. The van der Waals surface area contributed by atoms with Gasteiger partial charge >= 0.3 is 5.97 Å². The lowest BCUT2D eigenvalue weighted by molar-refractivity contribution is -0.155. The maximum absolute atomic E-state index is 11.6. The van der Waals surface area contributed by atoms with Crippen molar-refractivity contribution in [3.05, 3.63) is 0 Å². The third-order valence-corrected chi connectivity index (χ3v) is 2.49. The van der Waals surface area contributed by atoms with Crippen molar-refractivity contribution in [3.63, 3.8) is 0 Å². The van der Waals surface area contributed by atoms with Gasteiger partial charge in [0.05, 0.1) is 6.04 Å². The summed E-state index contributed by atoms with van der Waals surface area (Å²) in [5.41, 5.74) is 10.2. The Labute approximate surface area is 131 Å². The first-order valence-electron chi connectivity index (χ1n) is 6.64. The van der Waals surface area contributed by atoms with E-state index in [-0.39, 0.29) is 25.2 Å². The van der Waals surface area contributed by atoms with E-state index in [4.69, 9.17) is 16.2 Å². The predicted octanol–water partition coefficient (Wildman–Crippen LogP) is 0.238. The van der Waals surface area contributed by atoms with Gasteiger partial charge in [0, 0.05) is 6.42 Å². The predicted molar refractivity (Wildman–Crippen MR) is 81.7 cm³/mol. The SMILES string of the molecule is CCC(N)C(=O)N[C@@H](CCC(=O)OC(C)(C)C)C(N)=O.Cl. The van der Waals surface area contributed by atoms with Crippen molar-refractivity contribution in [2.75, 3.05) is 0 Å². The minimum absolute atomic E-state index is 0. The van der Waals surface area contributed by atoms with Crippen LogP contribution in [-0.2, 0) is 19.1 Å². The van der Waals surface area contributed by atoms with Crippen LogP contribution >= 0.6 is 12.4 Å². The fourth-order valence-electron chi connectivity index (χ4n) is 1.40. The van der Waals surface area contributed by atoms with Crippen molar-refractivity contribution >= 4 is 30.2 Å². The van der Waals surface area contributed by atoms with E-state index < -0.39 is 35.5 Å². The van der Waals surface area contributed by atoms with Crippen molar-refractivity contribution in [1.82, 2.24) is 5.32 Å². The molecule has 124 valence electrons. The van der Waals surface area contributed by atoms with Crippen LogP contribution in [0.1, 0.15) is 47.0 Å². The zero-order valence-corrected chi connectivity index (χ0v) is 13.8. The second-order valence-corrected chi connectivity index (χ2v) is 5.60. The van der Waals surface area contributed by atoms with Crippen LogP contribution < -0.4 is 16.8 Å². The molecule has 0 saturated heterocycles. The Morgan fingerprint density at radius 1 is 1.24 bits per heavy atom. The van der Waals surface area contributed by atoms with E-state index in [0.29, 0.717) is 6.42 Å². The maximum atomic E-state index is 11.6.